The van der Waals surface area contributed by atoms with Gasteiger partial charge >= 0.3 is 0 Å². The maximum absolute atomic E-state index is 10.1. The Morgan fingerprint density at radius 1 is 1.89 bits per heavy atom. The number of aldehydes is 1. The zero-order chi connectivity index (χ0) is 6.85. The van der Waals surface area contributed by atoms with Crippen LogP contribution < -0.4 is 0 Å². The maximum atomic E-state index is 10.1. The fourth-order valence-electron chi connectivity index (χ4n) is 0.509. The summed E-state index contributed by atoms with van der Waals surface area (Å²) in [6.07, 6.45) is 2.13. The monoisotopic (exact) mass is 144 g/mol. The first-order chi connectivity index (χ1) is 4.25. The molecule has 0 aliphatic carbocycles. The lowest BCUT2D eigenvalue weighted by Crippen LogP contribution is -1.92. The molecule has 0 spiro atoms. The predicted molar refractivity (Wildman–Crippen MR) is 33.6 cm³/mol. The van der Waals surface area contributed by atoms with Gasteiger partial charge in [-0.15, -0.1) is 0 Å². The van der Waals surface area contributed by atoms with Crippen LogP contribution in [0.2, 0.25) is 5.28 Å². The van der Waals surface area contributed by atoms with E-state index in [0.29, 0.717) is 17.3 Å². The topological polar surface area (TPSA) is 34.9 Å². The molecule has 1 aromatic heterocycles. The maximum Gasteiger partial charge on any atom is 0.202 e. The van der Waals surface area contributed by atoms with Crippen molar-refractivity contribution >= 4 is 17.9 Å². The van der Waals surface area contributed by atoms with Crippen LogP contribution in [0.3, 0.4) is 0 Å². The molecule has 0 saturated heterocycles. The zero-order valence-corrected chi connectivity index (χ0v) is 5.59. The molecule has 1 aromatic rings. The molecule has 3 nitrogen and oxygen atoms in total. The van der Waals surface area contributed by atoms with E-state index in [1.54, 1.807) is 7.05 Å². The Morgan fingerprint density at radius 3 is 2.78 bits per heavy atom. The van der Waals surface area contributed by atoms with Gasteiger partial charge in [0.1, 0.15) is 5.69 Å². The molecule has 0 amide bonds. The first-order valence-corrected chi connectivity index (χ1v) is 2.76. The van der Waals surface area contributed by atoms with E-state index in [4.69, 9.17) is 11.6 Å². The Morgan fingerprint density at radius 2 is 2.56 bits per heavy atom. The van der Waals surface area contributed by atoms with Gasteiger partial charge in [0.05, 0.1) is 6.20 Å². The van der Waals surface area contributed by atoms with E-state index in [1.165, 1.54) is 10.8 Å². The van der Waals surface area contributed by atoms with E-state index < -0.39 is 0 Å². The molecule has 48 valence electrons. The minimum Gasteiger partial charge on any atom is -0.316 e. The number of hydrogen-bond donors (Lipinski definition) is 0. The van der Waals surface area contributed by atoms with Crippen LogP contribution in [0, 0.1) is 0 Å². The van der Waals surface area contributed by atoms with Crippen LogP contribution in [0.5, 0.6) is 0 Å². The number of halogens is 1. The largest absolute Gasteiger partial charge is 0.316 e. The van der Waals surface area contributed by atoms with Crippen molar-refractivity contribution in [2.45, 2.75) is 0 Å². The Balaban J connectivity index is 3.18. The lowest BCUT2D eigenvalue weighted by atomic mass is 10.5. The fourth-order valence-corrected chi connectivity index (χ4v) is 0.655. The minimum atomic E-state index is 0.331. The van der Waals surface area contributed by atoms with Gasteiger partial charge in [0.2, 0.25) is 5.28 Å². The molecule has 0 aliphatic heterocycles. The van der Waals surface area contributed by atoms with E-state index in [-0.39, 0.29) is 0 Å². The molecule has 9 heavy (non-hydrogen) atoms. The molecule has 4 heteroatoms. The average molecular weight is 145 g/mol. The Kier molecular flexibility index (Phi) is 1.53. The Labute approximate surface area is 57.3 Å². The van der Waals surface area contributed by atoms with Gasteiger partial charge in [0.25, 0.3) is 0 Å². The molecule has 0 unspecified atom stereocenters. The lowest BCUT2D eigenvalue weighted by Gasteiger charge is -1.90. The molecule has 0 radical (unpaired) electrons. The molecular formula is C5H5ClN2O. The summed E-state index contributed by atoms with van der Waals surface area (Å²) in [5.74, 6) is 0. The first-order valence-electron chi connectivity index (χ1n) is 2.38. The highest BCUT2D eigenvalue weighted by Crippen LogP contribution is 2.04. The van der Waals surface area contributed by atoms with Crippen LogP contribution in [-0.2, 0) is 7.05 Å². The number of aromatic nitrogens is 2. The summed E-state index contributed by atoms with van der Waals surface area (Å²) in [6, 6.07) is 0. The third-order valence-corrected chi connectivity index (χ3v) is 1.44. The quantitative estimate of drug-likeness (QED) is 0.549. The molecule has 0 bridgehead atoms. The number of imidazole rings is 1. The predicted octanol–water partition coefficient (Wildman–Crippen LogP) is 0.886. The third kappa shape index (κ3) is 0.954. The lowest BCUT2D eigenvalue weighted by molar-refractivity contribution is 0.111. The highest BCUT2D eigenvalue weighted by molar-refractivity contribution is 6.28. The second-order valence-corrected chi connectivity index (χ2v) is 1.97. The van der Waals surface area contributed by atoms with Crippen molar-refractivity contribution in [3.05, 3.63) is 17.2 Å². The van der Waals surface area contributed by atoms with Crippen molar-refractivity contribution < 1.29 is 4.79 Å². The second kappa shape index (κ2) is 2.19. The zero-order valence-electron chi connectivity index (χ0n) is 4.84. The molecule has 0 atom stereocenters. The summed E-state index contributed by atoms with van der Waals surface area (Å²) in [6.45, 7) is 0. The van der Waals surface area contributed by atoms with Crippen molar-refractivity contribution in [1.82, 2.24) is 9.55 Å². The minimum absolute atomic E-state index is 0.331. The van der Waals surface area contributed by atoms with Gasteiger partial charge in [-0.3, -0.25) is 4.79 Å². The fraction of sp³-hybridized carbons (Fsp3) is 0.200. The summed E-state index contributed by atoms with van der Waals surface area (Å²) in [5, 5.41) is 0.331. The first kappa shape index (κ1) is 6.29. The van der Waals surface area contributed by atoms with Crippen LogP contribution >= 0.6 is 11.6 Å². The summed E-state index contributed by atoms with van der Waals surface area (Å²) in [4.78, 5) is 13.8. The van der Waals surface area contributed by atoms with Gasteiger partial charge in [0.15, 0.2) is 6.29 Å². The molecule has 0 saturated carbocycles. The van der Waals surface area contributed by atoms with Gasteiger partial charge in [-0.1, -0.05) is 0 Å². The summed E-state index contributed by atoms with van der Waals surface area (Å²) in [7, 11) is 1.68. The van der Waals surface area contributed by atoms with Crippen molar-refractivity contribution in [2.75, 3.05) is 0 Å². The highest BCUT2D eigenvalue weighted by atomic mass is 35.5. The van der Waals surface area contributed by atoms with Gasteiger partial charge in [-0.05, 0) is 11.6 Å². The molecule has 0 aliphatic rings. The molecule has 0 N–H and O–H groups in total. The highest BCUT2D eigenvalue weighted by Gasteiger charge is 1.99. The normalized spacial score (nSPS) is 9.56. The Hall–Kier alpha value is -0.830. The van der Waals surface area contributed by atoms with Gasteiger partial charge in [-0.25, -0.2) is 4.98 Å². The van der Waals surface area contributed by atoms with E-state index >= 15 is 0 Å². The molecule has 0 fully saturated rings. The Bertz CT molecular complexity index is 231. The van der Waals surface area contributed by atoms with Gasteiger partial charge in [0, 0.05) is 7.05 Å². The van der Waals surface area contributed by atoms with Gasteiger partial charge in [-0.2, -0.15) is 0 Å². The van der Waals surface area contributed by atoms with Crippen LogP contribution in [0.4, 0.5) is 0 Å². The van der Waals surface area contributed by atoms with E-state index in [1.807, 2.05) is 0 Å². The number of nitrogens with zero attached hydrogens (tertiary/aromatic N) is 2. The van der Waals surface area contributed by atoms with Crippen LogP contribution in [0.15, 0.2) is 6.20 Å². The summed E-state index contributed by atoms with van der Waals surface area (Å²) < 4.78 is 1.51. The van der Waals surface area contributed by atoms with Crippen LogP contribution in [-0.4, -0.2) is 15.8 Å². The van der Waals surface area contributed by atoms with Crippen molar-refractivity contribution in [1.29, 1.82) is 0 Å². The van der Waals surface area contributed by atoms with E-state index in [0.717, 1.165) is 0 Å². The summed E-state index contributed by atoms with van der Waals surface area (Å²) >= 11 is 5.50. The second-order valence-electron chi connectivity index (χ2n) is 1.63. The molecule has 1 rings (SSSR count). The van der Waals surface area contributed by atoms with Crippen molar-refractivity contribution in [3.8, 4) is 0 Å². The van der Waals surface area contributed by atoms with E-state index in [2.05, 4.69) is 4.98 Å². The van der Waals surface area contributed by atoms with Crippen LogP contribution in [0.25, 0.3) is 0 Å². The van der Waals surface area contributed by atoms with Crippen LogP contribution in [0.1, 0.15) is 10.5 Å². The molecular weight excluding hydrogens is 140 g/mol. The SMILES string of the molecule is Cn1c(C=O)cnc1Cl. The number of hydrogen-bond acceptors (Lipinski definition) is 2. The summed E-state index contributed by atoms with van der Waals surface area (Å²) in [5.41, 5.74) is 0.486. The van der Waals surface area contributed by atoms with Crippen molar-refractivity contribution in [2.24, 2.45) is 7.05 Å². The number of carbonyl (C=O) groups excluding carboxylic acids is 1. The van der Waals surface area contributed by atoms with E-state index in [9.17, 15) is 4.79 Å². The number of carbonyl (C=O) groups is 1. The average Bonchev–Trinajstić information content (AvgIpc) is 2.15. The van der Waals surface area contributed by atoms with Crippen molar-refractivity contribution in [3.63, 3.8) is 0 Å². The standard InChI is InChI=1S/C5H5ClN2O/c1-8-4(3-9)2-7-5(8)6/h2-3H,1H3. The molecule has 1 heterocycles. The van der Waals surface area contributed by atoms with Gasteiger partial charge < -0.3 is 4.57 Å². The third-order valence-electron chi connectivity index (χ3n) is 1.09. The smallest absolute Gasteiger partial charge is 0.202 e. The number of rotatable bonds is 1. The molecule has 0 aromatic carbocycles.